The second-order valence-electron chi connectivity index (χ2n) is 15.1. The Morgan fingerprint density at radius 3 is 1.58 bits per heavy atom. The molecule has 1 saturated heterocycles. The third-order valence-electron chi connectivity index (χ3n) is 9.99. The van der Waals surface area contributed by atoms with E-state index in [1.807, 2.05) is 18.2 Å². The van der Waals surface area contributed by atoms with Gasteiger partial charge in [-0.15, -0.1) is 0 Å². The normalized spacial score (nSPS) is 21.8. The lowest BCUT2D eigenvalue weighted by atomic mass is 9.99. The fourth-order valence-electron chi connectivity index (χ4n) is 6.41. The van der Waals surface area contributed by atoms with Gasteiger partial charge in [0.25, 0.3) is 0 Å². The maximum absolute atomic E-state index is 12.9. The number of carbonyl (C=O) groups is 1. The Labute approximate surface area is 346 Å². The van der Waals surface area contributed by atoms with Gasteiger partial charge in [-0.2, -0.15) is 0 Å². The maximum Gasteiger partial charge on any atom is 0.220 e. The molecule has 0 aromatic heterocycles. The number of unbranched alkanes of at least 4 members (excludes halogenated alkanes) is 13. The Balaban J connectivity index is 2.45. The van der Waals surface area contributed by atoms with E-state index < -0.39 is 49.5 Å². The number of rotatable bonds is 35. The lowest BCUT2D eigenvalue weighted by molar-refractivity contribution is -0.302. The molecule has 1 rings (SSSR count). The van der Waals surface area contributed by atoms with Gasteiger partial charge in [0.05, 0.1) is 25.4 Å². The number of amides is 1. The van der Waals surface area contributed by atoms with E-state index in [1.165, 1.54) is 70.6 Å². The van der Waals surface area contributed by atoms with Crippen molar-refractivity contribution in [2.24, 2.45) is 0 Å². The molecule has 0 aromatic carbocycles. The molecular formula is C48H81NO8. The molecule has 0 aliphatic carbocycles. The molecule has 57 heavy (non-hydrogen) atoms. The van der Waals surface area contributed by atoms with E-state index in [-0.39, 0.29) is 18.9 Å². The van der Waals surface area contributed by atoms with Crippen LogP contribution in [-0.2, 0) is 14.3 Å². The van der Waals surface area contributed by atoms with Gasteiger partial charge in [-0.1, -0.05) is 176 Å². The predicted molar refractivity (Wildman–Crippen MR) is 235 cm³/mol. The van der Waals surface area contributed by atoms with Gasteiger partial charge in [0.15, 0.2) is 6.29 Å². The van der Waals surface area contributed by atoms with Crippen LogP contribution in [0, 0.1) is 0 Å². The number of carbonyl (C=O) groups excluding carboxylic acids is 1. The Bertz CT molecular complexity index is 1160. The summed E-state index contributed by atoms with van der Waals surface area (Å²) in [6.07, 6.45) is 44.9. The molecule has 1 fully saturated rings. The summed E-state index contributed by atoms with van der Waals surface area (Å²) in [6, 6.07) is -0.849. The number of ether oxygens (including phenoxy) is 2. The van der Waals surface area contributed by atoms with Crippen molar-refractivity contribution in [2.45, 2.75) is 198 Å². The van der Waals surface area contributed by atoms with Crippen LogP contribution in [0.2, 0.25) is 0 Å². The smallest absolute Gasteiger partial charge is 0.220 e. The molecule has 9 heteroatoms. The van der Waals surface area contributed by atoms with Gasteiger partial charge in [0.2, 0.25) is 5.91 Å². The second kappa shape index (κ2) is 37.6. The van der Waals surface area contributed by atoms with Crippen LogP contribution in [0.15, 0.2) is 85.1 Å². The molecule has 0 aromatic rings. The molecule has 1 aliphatic heterocycles. The summed E-state index contributed by atoms with van der Waals surface area (Å²) in [5.74, 6) is -0.263. The van der Waals surface area contributed by atoms with E-state index in [0.29, 0.717) is 6.42 Å². The number of hydrogen-bond acceptors (Lipinski definition) is 8. The minimum Gasteiger partial charge on any atom is -0.394 e. The van der Waals surface area contributed by atoms with Crippen molar-refractivity contribution in [3.05, 3.63) is 85.1 Å². The van der Waals surface area contributed by atoms with E-state index in [9.17, 15) is 30.3 Å². The summed E-state index contributed by atoms with van der Waals surface area (Å²) >= 11 is 0. The van der Waals surface area contributed by atoms with E-state index in [0.717, 1.165) is 57.8 Å². The molecule has 0 saturated carbocycles. The molecule has 326 valence electrons. The average molecular weight is 800 g/mol. The maximum atomic E-state index is 12.9. The molecule has 1 aliphatic rings. The minimum atomic E-state index is -1.58. The summed E-state index contributed by atoms with van der Waals surface area (Å²) in [5, 5.41) is 54.1. The zero-order valence-corrected chi connectivity index (χ0v) is 35.6. The molecule has 1 heterocycles. The summed E-state index contributed by atoms with van der Waals surface area (Å²) in [6.45, 7) is 3.59. The highest BCUT2D eigenvalue weighted by molar-refractivity contribution is 5.76. The fraction of sp³-hybridized carbons (Fsp3) is 0.688. The van der Waals surface area contributed by atoms with Crippen LogP contribution in [0.5, 0.6) is 0 Å². The number of hydrogen-bond donors (Lipinski definition) is 6. The fourth-order valence-corrected chi connectivity index (χ4v) is 6.41. The molecule has 0 spiro atoms. The first-order chi connectivity index (χ1) is 27.8. The number of nitrogens with one attached hydrogen (secondary N) is 1. The minimum absolute atomic E-state index is 0.216. The van der Waals surface area contributed by atoms with Crippen molar-refractivity contribution in [3.8, 4) is 0 Å². The first kappa shape index (κ1) is 52.4. The first-order valence-corrected chi connectivity index (χ1v) is 22.3. The zero-order valence-electron chi connectivity index (χ0n) is 35.6. The summed E-state index contributed by atoms with van der Waals surface area (Å²) in [5.41, 5.74) is 0. The standard InChI is InChI=1S/C48H81NO8/c1-3-5-7-9-11-13-15-17-19-20-21-22-24-26-28-30-32-34-36-38-44(52)49-41(40-56-48-47(55)46(54)45(53)43(39-50)57-48)42(51)37-35-33-31-29-27-25-23-18-16-14-12-10-8-6-4-2/h5,7,11,13,17,19,21-22,26,28,32,34-35,37,41-43,45-48,50-51,53-55H,3-4,6,8-10,12,14-16,18,20,23-25,27,29-31,33,36,38-40H2,1-2H3,(H,49,52)/b7-5-,13-11-,19-17-,22-21-,28-26-,34-32-,37-35+. The number of allylic oxidation sites excluding steroid dienone is 13. The van der Waals surface area contributed by atoms with Crippen LogP contribution in [0.1, 0.15) is 155 Å². The van der Waals surface area contributed by atoms with Gasteiger partial charge in [0.1, 0.15) is 24.4 Å². The molecule has 7 atom stereocenters. The molecule has 9 nitrogen and oxygen atoms in total. The van der Waals surface area contributed by atoms with Crippen molar-refractivity contribution < 1.29 is 39.8 Å². The summed E-state index contributed by atoms with van der Waals surface area (Å²) in [7, 11) is 0. The van der Waals surface area contributed by atoms with Crippen molar-refractivity contribution in [1.82, 2.24) is 5.32 Å². The molecule has 0 radical (unpaired) electrons. The second-order valence-corrected chi connectivity index (χ2v) is 15.1. The monoisotopic (exact) mass is 800 g/mol. The van der Waals surface area contributed by atoms with Crippen LogP contribution in [-0.4, -0.2) is 87.5 Å². The van der Waals surface area contributed by atoms with E-state index in [4.69, 9.17) is 9.47 Å². The molecule has 7 unspecified atom stereocenters. The molecule has 6 N–H and O–H groups in total. The van der Waals surface area contributed by atoms with Gasteiger partial charge in [-0.3, -0.25) is 4.79 Å². The summed E-state index contributed by atoms with van der Waals surface area (Å²) < 4.78 is 11.2. The lowest BCUT2D eigenvalue weighted by Gasteiger charge is -2.40. The van der Waals surface area contributed by atoms with Crippen molar-refractivity contribution in [1.29, 1.82) is 0 Å². The quantitative estimate of drug-likeness (QED) is 0.0275. The lowest BCUT2D eigenvalue weighted by Crippen LogP contribution is -2.60. The van der Waals surface area contributed by atoms with Gasteiger partial charge in [-0.25, -0.2) is 0 Å². The largest absolute Gasteiger partial charge is 0.394 e. The van der Waals surface area contributed by atoms with Crippen LogP contribution in [0.4, 0.5) is 0 Å². The Morgan fingerprint density at radius 1 is 0.614 bits per heavy atom. The molecule has 0 bridgehead atoms. The number of aliphatic hydroxyl groups is 5. The van der Waals surface area contributed by atoms with Crippen LogP contribution in [0.3, 0.4) is 0 Å². The van der Waals surface area contributed by atoms with E-state index in [2.05, 4.69) is 79.9 Å². The Kier molecular flexibility index (Phi) is 34.6. The third kappa shape index (κ3) is 28.4. The van der Waals surface area contributed by atoms with Gasteiger partial charge < -0.3 is 40.3 Å². The highest BCUT2D eigenvalue weighted by atomic mass is 16.7. The van der Waals surface area contributed by atoms with Crippen LogP contribution >= 0.6 is 0 Å². The van der Waals surface area contributed by atoms with Gasteiger partial charge in [-0.05, 0) is 57.8 Å². The predicted octanol–water partition coefficient (Wildman–Crippen LogP) is 9.16. The van der Waals surface area contributed by atoms with E-state index >= 15 is 0 Å². The topological polar surface area (TPSA) is 149 Å². The van der Waals surface area contributed by atoms with Crippen LogP contribution in [0.25, 0.3) is 0 Å². The highest BCUT2D eigenvalue weighted by Gasteiger charge is 2.44. The van der Waals surface area contributed by atoms with Crippen molar-refractivity contribution in [2.75, 3.05) is 13.2 Å². The SMILES string of the molecule is CC/C=C\C/C=C\C/C=C\C/C=C\C/C=C\C/C=C\CCC(=O)NC(COC1OC(CO)C(O)C(O)C1O)C(O)/C=C/CCCCCCCCCCCCCCC. The average Bonchev–Trinajstić information content (AvgIpc) is 3.21. The number of aliphatic hydroxyl groups excluding tert-OH is 5. The Morgan fingerprint density at radius 2 is 1.09 bits per heavy atom. The third-order valence-corrected chi connectivity index (χ3v) is 9.99. The van der Waals surface area contributed by atoms with Crippen LogP contribution < -0.4 is 5.32 Å². The zero-order chi connectivity index (χ0) is 41.6. The summed E-state index contributed by atoms with van der Waals surface area (Å²) in [4.78, 5) is 12.9. The van der Waals surface area contributed by atoms with Gasteiger partial charge >= 0.3 is 0 Å². The van der Waals surface area contributed by atoms with Crippen molar-refractivity contribution in [3.63, 3.8) is 0 Å². The molecule has 1 amide bonds. The Hall–Kier alpha value is -2.63. The van der Waals surface area contributed by atoms with Crippen molar-refractivity contribution >= 4 is 5.91 Å². The molecular weight excluding hydrogens is 719 g/mol. The highest BCUT2D eigenvalue weighted by Crippen LogP contribution is 2.22. The van der Waals surface area contributed by atoms with E-state index in [1.54, 1.807) is 6.08 Å². The van der Waals surface area contributed by atoms with Gasteiger partial charge in [0, 0.05) is 6.42 Å². The first-order valence-electron chi connectivity index (χ1n) is 22.3.